The number of ether oxygens (including phenoxy) is 3. The lowest BCUT2D eigenvalue weighted by molar-refractivity contribution is -0.138. The highest BCUT2D eigenvalue weighted by Gasteiger charge is 2.31. The average Bonchev–Trinajstić information content (AvgIpc) is 2.93. The summed E-state index contributed by atoms with van der Waals surface area (Å²) in [6.45, 7) is 8.18. The third-order valence-electron chi connectivity index (χ3n) is 7.79. The van der Waals surface area contributed by atoms with Crippen LogP contribution in [0.3, 0.4) is 0 Å². The van der Waals surface area contributed by atoms with Crippen molar-refractivity contribution < 1.29 is 19.0 Å². The van der Waals surface area contributed by atoms with Crippen molar-refractivity contribution >= 4 is 5.91 Å². The molecule has 0 aliphatic carbocycles. The molecule has 2 aromatic carbocycles. The number of likely N-dealkylation sites (tertiary alicyclic amines) is 1. The van der Waals surface area contributed by atoms with Gasteiger partial charge >= 0.3 is 0 Å². The number of piperidine rings is 1. The fourth-order valence-corrected chi connectivity index (χ4v) is 5.56. The summed E-state index contributed by atoms with van der Waals surface area (Å²) < 4.78 is 16.6. The van der Waals surface area contributed by atoms with Gasteiger partial charge in [0.05, 0.1) is 27.4 Å². The van der Waals surface area contributed by atoms with Gasteiger partial charge in [0.25, 0.3) is 0 Å². The number of hydrogen-bond donors (Lipinski definition) is 0. The zero-order valence-electron chi connectivity index (χ0n) is 22.2. The van der Waals surface area contributed by atoms with Crippen molar-refractivity contribution in [2.45, 2.75) is 38.8 Å². The molecule has 0 unspecified atom stereocenters. The van der Waals surface area contributed by atoms with E-state index in [4.69, 9.17) is 14.2 Å². The van der Waals surface area contributed by atoms with Crippen LogP contribution in [0.5, 0.6) is 17.2 Å². The second-order valence-corrected chi connectivity index (χ2v) is 9.94. The van der Waals surface area contributed by atoms with E-state index in [1.165, 1.54) is 5.56 Å². The van der Waals surface area contributed by atoms with Gasteiger partial charge < -0.3 is 19.1 Å². The van der Waals surface area contributed by atoms with Crippen LogP contribution in [0.25, 0.3) is 0 Å². The summed E-state index contributed by atoms with van der Waals surface area (Å²) in [5.74, 6) is 2.97. The quantitative estimate of drug-likeness (QED) is 0.529. The summed E-state index contributed by atoms with van der Waals surface area (Å²) in [7, 11) is 4.93. The predicted molar refractivity (Wildman–Crippen MR) is 142 cm³/mol. The Balaban J connectivity index is 1.26. The fourth-order valence-electron chi connectivity index (χ4n) is 5.56. The number of methoxy groups -OCH3 is 3. The topological polar surface area (TPSA) is 54.5 Å². The lowest BCUT2D eigenvalue weighted by Gasteiger charge is -2.40. The SMILES string of the molecule is COc1ccc(CN2CCN([C@H](C)C(=O)N3CCC(Cc4ccccc4)CC3)CC2)c(OC)c1OC. The van der Waals surface area contributed by atoms with E-state index in [9.17, 15) is 4.79 Å². The summed E-state index contributed by atoms with van der Waals surface area (Å²) in [5, 5.41) is 0. The van der Waals surface area contributed by atoms with Crippen LogP contribution in [-0.4, -0.2) is 87.2 Å². The number of carbonyl (C=O) groups excluding carboxylic acids is 1. The highest BCUT2D eigenvalue weighted by molar-refractivity contribution is 5.81. The highest BCUT2D eigenvalue weighted by atomic mass is 16.5. The van der Waals surface area contributed by atoms with Crippen LogP contribution in [0.2, 0.25) is 0 Å². The third kappa shape index (κ3) is 6.13. The van der Waals surface area contributed by atoms with E-state index in [2.05, 4.69) is 52.0 Å². The Hall–Kier alpha value is -2.77. The van der Waals surface area contributed by atoms with Gasteiger partial charge in [0.2, 0.25) is 11.7 Å². The van der Waals surface area contributed by atoms with Crippen LogP contribution in [0.4, 0.5) is 0 Å². The molecular formula is C29H41N3O4. The van der Waals surface area contributed by atoms with Crippen molar-refractivity contribution in [3.8, 4) is 17.2 Å². The molecule has 0 aromatic heterocycles. The normalized spacial score (nSPS) is 18.6. The second kappa shape index (κ2) is 12.5. The van der Waals surface area contributed by atoms with Gasteiger partial charge in [0.15, 0.2) is 11.5 Å². The molecular weight excluding hydrogens is 454 g/mol. The van der Waals surface area contributed by atoms with E-state index < -0.39 is 0 Å². The fraction of sp³-hybridized carbons (Fsp3) is 0.552. The maximum Gasteiger partial charge on any atom is 0.239 e. The smallest absolute Gasteiger partial charge is 0.239 e. The van der Waals surface area contributed by atoms with Gasteiger partial charge in [-0.15, -0.1) is 0 Å². The maximum atomic E-state index is 13.3. The molecule has 0 saturated carbocycles. The van der Waals surface area contributed by atoms with Gasteiger partial charge in [0, 0.05) is 51.4 Å². The molecule has 0 spiro atoms. The minimum Gasteiger partial charge on any atom is -0.493 e. The van der Waals surface area contributed by atoms with E-state index in [1.807, 2.05) is 12.1 Å². The zero-order valence-corrected chi connectivity index (χ0v) is 22.2. The zero-order chi connectivity index (χ0) is 25.5. The predicted octanol–water partition coefficient (Wildman–Crippen LogP) is 3.70. The monoisotopic (exact) mass is 495 g/mol. The Morgan fingerprint density at radius 3 is 2.14 bits per heavy atom. The molecule has 4 rings (SSSR count). The van der Waals surface area contributed by atoms with Crippen molar-refractivity contribution in [3.63, 3.8) is 0 Å². The van der Waals surface area contributed by atoms with Crippen LogP contribution >= 0.6 is 0 Å². The van der Waals surface area contributed by atoms with Crippen LogP contribution in [0.1, 0.15) is 30.9 Å². The van der Waals surface area contributed by atoms with Gasteiger partial charge in [-0.25, -0.2) is 0 Å². The molecule has 2 aliphatic heterocycles. The number of nitrogens with zero attached hydrogens (tertiary/aromatic N) is 3. The molecule has 7 nitrogen and oxygen atoms in total. The van der Waals surface area contributed by atoms with Crippen LogP contribution in [0.15, 0.2) is 42.5 Å². The van der Waals surface area contributed by atoms with Crippen LogP contribution in [-0.2, 0) is 17.8 Å². The first kappa shape index (κ1) is 26.3. The first-order chi connectivity index (χ1) is 17.5. The first-order valence-electron chi connectivity index (χ1n) is 13.1. The molecule has 7 heteroatoms. The van der Waals surface area contributed by atoms with Crippen molar-refractivity contribution in [2.24, 2.45) is 5.92 Å². The molecule has 0 bridgehead atoms. The number of hydrogen-bond acceptors (Lipinski definition) is 6. The molecule has 36 heavy (non-hydrogen) atoms. The molecule has 2 aliphatic rings. The summed E-state index contributed by atoms with van der Waals surface area (Å²) >= 11 is 0. The van der Waals surface area contributed by atoms with Crippen LogP contribution in [0, 0.1) is 5.92 Å². The van der Waals surface area contributed by atoms with Crippen molar-refractivity contribution in [1.29, 1.82) is 0 Å². The Bertz CT molecular complexity index is 984. The molecule has 2 heterocycles. The Labute approximate surface area is 215 Å². The Kier molecular flexibility index (Phi) is 9.10. The van der Waals surface area contributed by atoms with Crippen molar-refractivity contribution in [1.82, 2.24) is 14.7 Å². The Morgan fingerprint density at radius 1 is 0.861 bits per heavy atom. The van der Waals surface area contributed by atoms with E-state index >= 15 is 0 Å². The Morgan fingerprint density at radius 2 is 1.53 bits per heavy atom. The van der Waals surface area contributed by atoms with Crippen LogP contribution < -0.4 is 14.2 Å². The van der Waals surface area contributed by atoms with Gasteiger partial charge in [-0.1, -0.05) is 36.4 Å². The molecule has 1 amide bonds. The van der Waals surface area contributed by atoms with Crippen molar-refractivity contribution in [2.75, 3.05) is 60.6 Å². The number of piperazine rings is 1. The minimum absolute atomic E-state index is 0.0755. The molecule has 196 valence electrons. The lowest BCUT2D eigenvalue weighted by atomic mass is 9.90. The van der Waals surface area contributed by atoms with E-state index in [0.717, 1.165) is 76.4 Å². The third-order valence-corrected chi connectivity index (χ3v) is 7.79. The molecule has 2 saturated heterocycles. The number of benzene rings is 2. The molecule has 0 N–H and O–H groups in total. The first-order valence-corrected chi connectivity index (χ1v) is 13.1. The van der Waals surface area contributed by atoms with E-state index in [-0.39, 0.29) is 11.9 Å². The van der Waals surface area contributed by atoms with Crippen molar-refractivity contribution in [3.05, 3.63) is 53.6 Å². The van der Waals surface area contributed by atoms with E-state index in [1.54, 1.807) is 21.3 Å². The summed E-state index contributed by atoms with van der Waals surface area (Å²) in [6, 6.07) is 14.6. The van der Waals surface area contributed by atoms with Gasteiger partial charge in [-0.2, -0.15) is 0 Å². The standard InChI is InChI=1S/C29H41N3O4/c1-22(29(33)32-14-12-24(13-15-32)20-23-8-6-5-7-9-23)31-18-16-30(17-19-31)21-25-10-11-26(34-2)28(36-4)27(25)35-3/h5-11,22,24H,12-21H2,1-4H3/t22-/m1/s1. The van der Waals surface area contributed by atoms with E-state index in [0.29, 0.717) is 17.4 Å². The molecule has 2 fully saturated rings. The van der Waals surface area contributed by atoms with Gasteiger partial charge in [-0.3, -0.25) is 14.6 Å². The molecule has 0 radical (unpaired) electrons. The second-order valence-electron chi connectivity index (χ2n) is 9.94. The number of carbonyl (C=O) groups is 1. The molecule has 1 atom stereocenters. The minimum atomic E-state index is -0.0755. The maximum absolute atomic E-state index is 13.3. The number of amides is 1. The summed E-state index contributed by atoms with van der Waals surface area (Å²) in [4.78, 5) is 20.1. The summed E-state index contributed by atoms with van der Waals surface area (Å²) in [6.07, 6.45) is 3.30. The molecule has 2 aromatic rings. The summed E-state index contributed by atoms with van der Waals surface area (Å²) in [5.41, 5.74) is 2.48. The largest absolute Gasteiger partial charge is 0.493 e. The van der Waals surface area contributed by atoms with Gasteiger partial charge in [-0.05, 0) is 43.7 Å². The number of rotatable bonds is 9. The highest BCUT2D eigenvalue weighted by Crippen LogP contribution is 2.40. The van der Waals surface area contributed by atoms with Gasteiger partial charge in [0.1, 0.15) is 0 Å². The average molecular weight is 496 g/mol. The lowest BCUT2D eigenvalue weighted by Crippen LogP contribution is -2.55.